The molecule has 4 heteroatoms. The van der Waals surface area contributed by atoms with Crippen LogP contribution in [0.2, 0.25) is 0 Å². The van der Waals surface area contributed by atoms with Gasteiger partial charge in [0.05, 0.1) is 5.52 Å². The Bertz CT molecular complexity index is 982. The van der Waals surface area contributed by atoms with Crippen molar-refractivity contribution in [2.24, 2.45) is 5.92 Å². The average molecular weight is 344 g/mol. The minimum Gasteiger partial charge on any atom is -0.348 e. The second-order valence-electron chi connectivity index (χ2n) is 7.06. The number of nitrogens with zero attached hydrogens (tertiary/aromatic N) is 3. The van der Waals surface area contributed by atoms with E-state index >= 15 is 0 Å². The fraction of sp³-hybridized carbons (Fsp3) is 0.273. The lowest BCUT2D eigenvalue weighted by Gasteiger charge is -2.26. The molecule has 1 aromatic carbocycles. The molecule has 1 aliphatic heterocycles. The maximum atomic E-state index is 4.53. The van der Waals surface area contributed by atoms with Crippen molar-refractivity contribution < 1.29 is 0 Å². The van der Waals surface area contributed by atoms with Gasteiger partial charge in [0.2, 0.25) is 0 Å². The molecule has 132 valence electrons. The second-order valence-corrected chi connectivity index (χ2v) is 7.06. The molecule has 0 aliphatic carbocycles. The molecule has 1 aliphatic rings. The molecule has 2 aromatic heterocycles. The van der Waals surface area contributed by atoms with Crippen LogP contribution >= 0.6 is 0 Å². The van der Waals surface area contributed by atoms with E-state index in [1.165, 1.54) is 16.8 Å². The first-order chi connectivity index (χ1) is 12.6. The van der Waals surface area contributed by atoms with Gasteiger partial charge in [-0.3, -0.25) is 10.1 Å². The second kappa shape index (κ2) is 6.79. The minimum absolute atomic E-state index is 0.489. The van der Waals surface area contributed by atoms with Crippen molar-refractivity contribution in [3.8, 4) is 11.3 Å². The number of fused-ring (bicyclic) bond motifs is 1. The monoisotopic (exact) mass is 344 g/mol. The van der Waals surface area contributed by atoms with Gasteiger partial charge in [-0.2, -0.15) is 5.10 Å². The van der Waals surface area contributed by atoms with Crippen molar-refractivity contribution in [1.82, 2.24) is 15.2 Å². The maximum Gasteiger partial charge on any atom is 0.100 e. The van der Waals surface area contributed by atoms with Crippen molar-refractivity contribution in [2.75, 3.05) is 11.4 Å². The van der Waals surface area contributed by atoms with Gasteiger partial charge in [-0.25, -0.2) is 0 Å². The fourth-order valence-electron chi connectivity index (χ4n) is 3.50. The number of hydrogen-bond donors (Lipinski definition) is 1. The topological polar surface area (TPSA) is 44.8 Å². The summed E-state index contributed by atoms with van der Waals surface area (Å²) in [7, 11) is 0. The normalized spacial score (nSPS) is 18.3. The van der Waals surface area contributed by atoms with Crippen molar-refractivity contribution in [3.63, 3.8) is 0 Å². The van der Waals surface area contributed by atoms with E-state index in [0.717, 1.165) is 35.1 Å². The molecule has 4 nitrogen and oxygen atoms in total. The van der Waals surface area contributed by atoms with Crippen molar-refractivity contribution >= 4 is 16.6 Å². The number of allylic oxidation sites excluding steroid dienone is 2. The average Bonchev–Trinajstić information content (AvgIpc) is 3.09. The molecule has 3 heterocycles. The third kappa shape index (κ3) is 3.03. The number of hydrogen-bond acceptors (Lipinski definition) is 3. The Balaban J connectivity index is 1.76. The lowest BCUT2D eigenvalue weighted by atomic mass is 9.93. The number of nitrogens with one attached hydrogen (secondary N) is 1. The van der Waals surface area contributed by atoms with Crippen LogP contribution < -0.4 is 4.90 Å². The largest absolute Gasteiger partial charge is 0.348 e. The Labute approximate surface area is 154 Å². The highest BCUT2D eigenvalue weighted by Gasteiger charge is 2.15. The van der Waals surface area contributed by atoms with Crippen LogP contribution in [0.15, 0.2) is 66.1 Å². The Morgan fingerprint density at radius 1 is 1.08 bits per heavy atom. The van der Waals surface area contributed by atoms with Gasteiger partial charge in [0.15, 0.2) is 0 Å². The van der Waals surface area contributed by atoms with Crippen LogP contribution in [0, 0.1) is 5.92 Å². The molecule has 3 aromatic rings. The van der Waals surface area contributed by atoms with Crippen molar-refractivity contribution in [3.05, 3.63) is 66.1 Å². The van der Waals surface area contributed by atoms with Gasteiger partial charge in [-0.05, 0) is 56.5 Å². The number of H-pyrrole nitrogens is 1. The Morgan fingerprint density at radius 3 is 2.69 bits per heavy atom. The Hall–Kier alpha value is -2.88. The summed E-state index contributed by atoms with van der Waals surface area (Å²) in [5.74, 6) is 0.489. The van der Waals surface area contributed by atoms with E-state index in [1.807, 2.05) is 12.1 Å². The molecular weight excluding hydrogens is 320 g/mol. The van der Waals surface area contributed by atoms with Crippen LogP contribution in [0.4, 0.5) is 5.69 Å². The van der Waals surface area contributed by atoms with E-state index in [1.54, 1.807) is 12.4 Å². The molecular formula is C22H24N4. The highest BCUT2D eigenvalue weighted by atomic mass is 15.1. The molecule has 1 N–H and O–H groups in total. The van der Waals surface area contributed by atoms with Gasteiger partial charge >= 0.3 is 0 Å². The van der Waals surface area contributed by atoms with Gasteiger partial charge < -0.3 is 4.90 Å². The first-order valence-corrected chi connectivity index (χ1v) is 9.13. The zero-order chi connectivity index (χ0) is 18.1. The summed E-state index contributed by atoms with van der Waals surface area (Å²) in [5.41, 5.74) is 7.16. The standard InChI is InChI=1S/C22H24N4/c1-15-5-4-12-26(14-16(2)17(15)3)19-6-7-21-20(13-19)22(25-24-21)18-8-10-23-11-9-18/h5-11,13-14,17H,4,12H2,1-3H3,(H,24,25). The van der Waals surface area contributed by atoms with E-state index in [-0.39, 0.29) is 0 Å². The van der Waals surface area contributed by atoms with E-state index in [0.29, 0.717) is 5.92 Å². The summed E-state index contributed by atoms with van der Waals surface area (Å²) in [6.07, 6.45) is 9.34. The highest BCUT2D eigenvalue weighted by Crippen LogP contribution is 2.31. The van der Waals surface area contributed by atoms with E-state index in [2.05, 4.69) is 71.3 Å². The molecule has 0 saturated carbocycles. The number of pyridine rings is 1. The number of aromatic amines is 1. The third-order valence-corrected chi connectivity index (χ3v) is 5.39. The summed E-state index contributed by atoms with van der Waals surface area (Å²) in [5, 5.41) is 8.81. The molecule has 4 rings (SSSR count). The number of aromatic nitrogens is 3. The van der Waals surface area contributed by atoms with Crippen LogP contribution in [-0.2, 0) is 0 Å². The summed E-state index contributed by atoms with van der Waals surface area (Å²) >= 11 is 0. The number of anilines is 1. The summed E-state index contributed by atoms with van der Waals surface area (Å²) in [6, 6.07) is 10.5. The van der Waals surface area contributed by atoms with Crippen molar-refractivity contribution in [2.45, 2.75) is 27.2 Å². The summed E-state index contributed by atoms with van der Waals surface area (Å²) in [6.45, 7) is 7.71. The van der Waals surface area contributed by atoms with E-state index in [4.69, 9.17) is 0 Å². The minimum atomic E-state index is 0.489. The zero-order valence-corrected chi connectivity index (χ0v) is 15.5. The lowest BCUT2D eigenvalue weighted by molar-refractivity contribution is 0.759. The molecule has 1 atom stereocenters. The van der Waals surface area contributed by atoms with Crippen LogP contribution in [0.1, 0.15) is 27.2 Å². The first kappa shape index (κ1) is 16.6. The van der Waals surface area contributed by atoms with Crippen molar-refractivity contribution in [1.29, 1.82) is 0 Å². The van der Waals surface area contributed by atoms with E-state index < -0.39 is 0 Å². The Morgan fingerprint density at radius 2 is 1.88 bits per heavy atom. The third-order valence-electron chi connectivity index (χ3n) is 5.39. The molecule has 0 amide bonds. The maximum absolute atomic E-state index is 4.53. The molecule has 26 heavy (non-hydrogen) atoms. The fourth-order valence-corrected chi connectivity index (χ4v) is 3.50. The summed E-state index contributed by atoms with van der Waals surface area (Å²) in [4.78, 5) is 6.47. The molecule has 0 fully saturated rings. The van der Waals surface area contributed by atoms with Crippen LogP contribution in [-0.4, -0.2) is 21.7 Å². The summed E-state index contributed by atoms with van der Waals surface area (Å²) < 4.78 is 0. The lowest BCUT2D eigenvalue weighted by Crippen LogP contribution is -2.20. The van der Waals surface area contributed by atoms with Gasteiger partial charge in [0.25, 0.3) is 0 Å². The molecule has 0 radical (unpaired) electrons. The van der Waals surface area contributed by atoms with Gasteiger partial charge in [-0.1, -0.05) is 24.1 Å². The Kier molecular flexibility index (Phi) is 4.33. The van der Waals surface area contributed by atoms with Gasteiger partial charge in [0, 0.05) is 41.8 Å². The quantitative estimate of drug-likeness (QED) is 0.640. The predicted molar refractivity (Wildman–Crippen MR) is 108 cm³/mol. The van der Waals surface area contributed by atoms with Crippen LogP contribution in [0.3, 0.4) is 0 Å². The molecule has 0 spiro atoms. The highest BCUT2D eigenvalue weighted by molar-refractivity contribution is 5.95. The predicted octanol–water partition coefficient (Wildman–Crippen LogP) is 5.32. The first-order valence-electron chi connectivity index (χ1n) is 9.13. The number of benzene rings is 1. The SMILES string of the molecule is CC1=CCCN(c2ccc3[nH]nc(-c4ccncc4)c3c2)C=C(C)C1C. The smallest absolute Gasteiger partial charge is 0.100 e. The van der Waals surface area contributed by atoms with E-state index in [9.17, 15) is 0 Å². The molecule has 0 saturated heterocycles. The molecule has 1 unspecified atom stereocenters. The number of rotatable bonds is 2. The van der Waals surface area contributed by atoms with Gasteiger partial charge in [0.1, 0.15) is 5.69 Å². The zero-order valence-electron chi connectivity index (χ0n) is 15.5. The van der Waals surface area contributed by atoms with Crippen LogP contribution in [0.5, 0.6) is 0 Å². The van der Waals surface area contributed by atoms with Crippen LogP contribution in [0.25, 0.3) is 22.2 Å². The molecule has 0 bridgehead atoms. The van der Waals surface area contributed by atoms with Gasteiger partial charge in [-0.15, -0.1) is 0 Å².